The van der Waals surface area contributed by atoms with Gasteiger partial charge in [0.2, 0.25) is 0 Å². The number of aromatic nitrogens is 1. The van der Waals surface area contributed by atoms with E-state index in [4.69, 9.17) is 4.74 Å². The molecule has 0 bridgehead atoms. The highest BCUT2D eigenvalue weighted by Gasteiger charge is 2.30. The van der Waals surface area contributed by atoms with Crippen LogP contribution in [0.2, 0.25) is 0 Å². The highest BCUT2D eigenvalue weighted by atomic mass is 32.2. The molecular weight excluding hydrogens is 388 g/mol. The number of para-hydroxylation sites is 1. The number of anilines is 1. The fraction of sp³-hybridized carbons (Fsp3) is 0.412. The van der Waals surface area contributed by atoms with E-state index in [0.29, 0.717) is 36.0 Å². The lowest BCUT2D eigenvalue weighted by Crippen LogP contribution is -2.42. The number of nitrogens with one attached hydrogen (secondary N) is 1. The van der Waals surface area contributed by atoms with Crippen molar-refractivity contribution < 1.29 is 17.9 Å². The van der Waals surface area contributed by atoms with Crippen molar-refractivity contribution in [3.63, 3.8) is 0 Å². The summed E-state index contributed by atoms with van der Waals surface area (Å²) in [5.74, 6) is 0.213. The number of hydrogen-bond acceptors (Lipinski definition) is 6. The molecular formula is C17H22N4O4S2. The van der Waals surface area contributed by atoms with Crippen LogP contribution in [0.15, 0.2) is 24.3 Å². The zero-order valence-corrected chi connectivity index (χ0v) is 17.1. The maximum Gasteiger partial charge on any atom is 0.281 e. The number of fused-ring (bicyclic) bond motifs is 1. The summed E-state index contributed by atoms with van der Waals surface area (Å²) >= 11 is 1.30. The molecule has 8 nitrogen and oxygen atoms in total. The Morgan fingerprint density at radius 2 is 2.11 bits per heavy atom. The highest BCUT2D eigenvalue weighted by molar-refractivity contribution is 7.86. The smallest absolute Gasteiger partial charge is 0.281 e. The molecule has 2 heterocycles. The second-order valence-electron chi connectivity index (χ2n) is 6.15. The van der Waals surface area contributed by atoms with Crippen molar-refractivity contribution in [3.05, 3.63) is 40.4 Å². The van der Waals surface area contributed by atoms with Crippen molar-refractivity contribution in [2.75, 3.05) is 32.6 Å². The standard InChI is InChI=1S/C17H22N4O4S2/c1-4-25-14-8-6-5-7-12(14)16(22)19-17-18-13-9-10-21(11-15(13)26-17)27(23,24)20(2)3/h5-8H,4,9-11H2,1-3H3,(H,18,19,22). The van der Waals surface area contributed by atoms with E-state index in [-0.39, 0.29) is 12.5 Å². The maximum absolute atomic E-state index is 12.6. The SMILES string of the molecule is CCOc1ccccc1C(=O)Nc1nc2c(s1)CN(S(=O)(=O)N(C)C)CC2. The number of amides is 1. The van der Waals surface area contributed by atoms with Gasteiger partial charge in [-0.1, -0.05) is 12.1 Å². The number of rotatable bonds is 6. The first-order valence-electron chi connectivity index (χ1n) is 8.52. The van der Waals surface area contributed by atoms with Crippen LogP contribution >= 0.6 is 11.3 Å². The molecule has 1 aromatic carbocycles. The summed E-state index contributed by atoms with van der Waals surface area (Å²) in [6.45, 7) is 2.96. The Bertz CT molecular complexity index is 940. The van der Waals surface area contributed by atoms with Crippen LogP contribution in [0.1, 0.15) is 27.9 Å². The van der Waals surface area contributed by atoms with Crippen molar-refractivity contribution in [3.8, 4) is 5.75 Å². The van der Waals surface area contributed by atoms with E-state index in [2.05, 4.69) is 10.3 Å². The molecule has 1 N–H and O–H groups in total. The average Bonchev–Trinajstić information content (AvgIpc) is 3.03. The topological polar surface area (TPSA) is 91.8 Å². The molecule has 10 heteroatoms. The zero-order chi connectivity index (χ0) is 19.6. The van der Waals surface area contributed by atoms with Gasteiger partial charge in [-0.2, -0.15) is 17.0 Å². The lowest BCUT2D eigenvalue weighted by Gasteiger charge is -2.27. The fourth-order valence-corrected chi connectivity index (χ4v) is 4.93. The number of nitrogens with zero attached hydrogens (tertiary/aromatic N) is 3. The van der Waals surface area contributed by atoms with Gasteiger partial charge in [-0.3, -0.25) is 10.1 Å². The summed E-state index contributed by atoms with van der Waals surface area (Å²) in [5.41, 5.74) is 1.27. The van der Waals surface area contributed by atoms with Crippen LogP contribution in [-0.2, 0) is 23.2 Å². The second-order valence-corrected chi connectivity index (χ2v) is 9.37. The number of carbonyl (C=O) groups is 1. The zero-order valence-electron chi connectivity index (χ0n) is 15.4. The molecule has 2 aromatic rings. The Labute approximate surface area is 163 Å². The van der Waals surface area contributed by atoms with E-state index in [0.717, 1.165) is 10.6 Å². The van der Waals surface area contributed by atoms with E-state index in [1.807, 2.05) is 13.0 Å². The summed E-state index contributed by atoms with van der Waals surface area (Å²) in [7, 11) is -0.444. The molecule has 1 aliphatic rings. The Morgan fingerprint density at radius 3 is 2.81 bits per heavy atom. The van der Waals surface area contributed by atoms with Crippen LogP contribution in [-0.4, -0.2) is 55.2 Å². The molecule has 1 amide bonds. The average molecular weight is 411 g/mol. The van der Waals surface area contributed by atoms with Gasteiger partial charge < -0.3 is 4.74 Å². The Hall–Kier alpha value is -2.01. The van der Waals surface area contributed by atoms with Crippen LogP contribution in [0.4, 0.5) is 5.13 Å². The first-order chi connectivity index (χ1) is 12.8. The molecule has 27 heavy (non-hydrogen) atoms. The molecule has 0 unspecified atom stereocenters. The fourth-order valence-electron chi connectivity index (χ4n) is 2.75. The molecule has 0 atom stereocenters. The normalized spacial score (nSPS) is 14.8. The molecule has 0 aliphatic carbocycles. The number of ether oxygens (including phenoxy) is 1. The van der Waals surface area contributed by atoms with E-state index in [1.54, 1.807) is 18.2 Å². The minimum absolute atomic E-state index is 0.263. The largest absolute Gasteiger partial charge is 0.493 e. The molecule has 146 valence electrons. The Kier molecular flexibility index (Phi) is 5.80. The van der Waals surface area contributed by atoms with Gasteiger partial charge in [0.25, 0.3) is 16.1 Å². The van der Waals surface area contributed by atoms with Gasteiger partial charge in [0.1, 0.15) is 5.75 Å². The van der Waals surface area contributed by atoms with Crippen LogP contribution in [0.25, 0.3) is 0 Å². The first kappa shape index (κ1) is 19.7. The lowest BCUT2D eigenvalue weighted by molar-refractivity contribution is 0.102. The van der Waals surface area contributed by atoms with E-state index >= 15 is 0 Å². The highest BCUT2D eigenvalue weighted by Crippen LogP contribution is 2.30. The van der Waals surface area contributed by atoms with Crippen molar-refractivity contribution in [2.24, 2.45) is 0 Å². The minimum atomic E-state index is -3.47. The third-order valence-electron chi connectivity index (χ3n) is 4.14. The van der Waals surface area contributed by atoms with Gasteiger partial charge in [-0.05, 0) is 19.1 Å². The van der Waals surface area contributed by atoms with Crippen LogP contribution in [0.5, 0.6) is 5.75 Å². The number of hydrogen-bond donors (Lipinski definition) is 1. The van der Waals surface area contributed by atoms with E-state index in [1.165, 1.54) is 34.0 Å². The van der Waals surface area contributed by atoms with Crippen LogP contribution < -0.4 is 10.1 Å². The number of carbonyl (C=O) groups excluding carboxylic acids is 1. The summed E-state index contributed by atoms with van der Waals surface area (Å²) < 4.78 is 32.7. The van der Waals surface area contributed by atoms with E-state index < -0.39 is 10.2 Å². The van der Waals surface area contributed by atoms with Crippen molar-refractivity contribution in [2.45, 2.75) is 19.9 Å². The molecule has 1 aromatic heterocycles. The number of benzene rings is 1. The number of thiazole rings is 1. The van der Waals surface area contributed by atoms with E-state index in [9.17, 15) is 13.2 Å². The van der Waals surface area contributed by atoms with Crippen molar-refractivity contribution >= 4 is 32.6 Å². The molecule has 0 fully saturated rings. The molecule has 0 saturated carbocycles. The molecule has 0 radical (unpaired) electrons. The predicted octanol–water partition coefficient (Wildman–Crippen LogP) is 1.96. The van der Waals surface area contributed by atoms with Gasteiger partial charge in [0, 0.05) is 31.9 Å². The van der Waals surface area contributed by atoms with Gasteiger partial charge >= 0.3 is 0 Å². The molecule has 3 rings (SSSR count). The van der Waals surface area contributed by atoms with Gasteiger partial charge in [0.15, 0.2) is 5.13 Å². The van der Waals surface area contributed by atoms with Crippen LogP contribution in [0, 0.1) is 0 Å². The molecule has 1 aliphatic heterocycles. The summed E-state index contributed by atoms with van der Waals surface area (Å²) in [6.07, 6.45) is 0.518. The molecule has 0 saturated heterocycles. The summed E-state index contributed by atoms with van der Waals surface area (Å²) in [6, 6.07) is 7.02. The van der Waals surface area contributed by atoms with Crippen LogP contribution in [0.3, 0.4) is 0 Å². The molecule has 0 spiro atoms. The Balaban J connectivity index is 1.76. The van der Waals surface area contributed by atoms with Crippen molar-refractivity contribution in [1.82, 2.24) is 13.6 Å². The Morgan fingerprint density at radius 1 is 1.37 bits per heavy atom. The van der Waals surface area contributed by atoms with Gasteiger partial charge in [0.05, 0.1) is 24.4 Å². The predicted molar refractivity (Wildman–Crippen MR) is 104 cm³/mol. The quantitative estimate of drug-likeness (QED) is 0.786. The van der Waals surface area contributed by atoms with Gasteiger partial charge in [-0.25, -0.2) is 4.98 Å². The van der Waals surface area contributed by atoms with Gasteiger partial charge in [-0.15, -0.1) is 11.3 Å². The maximum atomic E-state index is 12.6. The third-order valence-corrected chi connectivity index (χ3v) is 7.02. The summed E-state index contributed by atoms with van der Waals surface area (Å²) in [4.78, 5) is 17.9. The first-order valence-corrected chi connectivity index (χ1v) is 10.7. The minimum Gasteiger partial charge on any atom is -0.493 e. The monoisotopic (exact) mass is 410 g/mol. The third kappa shape index (κ3) is 4.13. The summed E-state index contributed by atoms with van der Waals surface area (Å²) in [5, 5.41) is 3.26. The van der Waals surface area contributed by atoms with Crippen molar-refractivity contribution in [1.29, 1.82) is 0 Å². The second kappa shape index (κ2) is 7.93. The lowest BCUT2D eigenvalue weighted by atomic mass is 10.2.